The summed E-state index contributed by atoms with van der Waals surface area (Å²) in [5.74, 6) is 1.43. The predicted octanol–water partition coefficient (Wildman–Crippen LogP) is 8.88. The van der Waals surface area contributed by atoms with Gasteiger partial charge in [0.15, 0.2) is 0 Å². The Labute approximate surface area is 167 Å². The fourth-order valence-corrected chi connectivity index (χ4v) is 4.69. The molecule has 0 saturated heterocycles. The van der Waals surface area contributed by atoms with Gasteiger partial charge in [0.05, 0.1) is 5.56 Å². The maximum atomic E-state index is 12.9. The van der Waals surface area contributed by atoms with Crippen molar-refractivity contribution >= 4 is 10.8 Å². The van der Waals surface area contributed by atoms with E-state index in [2.05, 4.69) is 13.0 Å². The normalized spacial score (nSPS) is 20.6. The van der Waals surface area contributed by atoms with Crippen molar-refractivity contribution in [2.75, 3.05) is 0 Å². The van der Waals surface area contributed by atoms with Gasteiger partial charge in [-0.2, -0.15) is 13.2 Å². The van der Waals surface area contributed by atoms with E-state index in [0.29, 0.717) is 11.3 Å². The third kappa shape index (κ3) is 5.75. The van der Waals surface area contributed by atoms with Gasteiger partial charge in [0.25, 0.3) is 0 Å². The Balaban J connectivity index is 1.51. The highest BCUT2D eigenvalue weighted by Gasteiger charge is 2.30. The van der Waals surface area contributed by atoms with Gasteiger partial charge in [-0.05, 0) is 66.0 Å². The van der Waals surface area contributed by atoms with Crippen LogP contribution in [0.3, 0.4) is 0 Å². The molecule has 0 atom stereocenters. The summed E-state index contributed by atoms with van der Waals surface area (Å²) in [5.41, 5.74) is 0.730. The SMILES string of the molecule is CCCCCCCC[C@H]1CC[C@H](c2ccc3cc(C(F)(F)F)ccc3c2)CC1. The average molecular weight is 391 g/mol. The van der Waals surface area contributed by atoms with E-state index in [1.807, 2.05) is 12.1 Å². The molecule has 0 spiro atoms. The first-order valence-electron chi connectivity index (χ1n) is 11.1. The number of hydrogen-bond donors (Lipinski definition) is 0. The number of halogens is 3. The Morgan fingerprint density at radius 3 is 2.14 bits per heavy atom. The van der Waals surface area contributed by atoms with Gasteiger partial charge >= 0.3 is 6.18 Å². The summed E-state index contributed by atoms with van der Waals surface area (Å²) in [6.45, 7) is 2.26. The molecule has 0 aromatic heterocycles. The molecule has 3 heteroatoms. The second-order valence-electron chi connectivity index (χ2n) is 8.59. The van der Waals surface area contributed by atoms with Gasteiger partial charge < -0.3 is 0 Å². The van der Waals surface area contributed by atoms with Crippen molar-refractivity contribution in [3.05, 3.63) is 47.5 Å². The smallest absolute Gasteiger partial charge is 0.166 e. The Morgan fingerprint density at radius 1 is 0.786 bits per heavy atom. The minimum absolute atomic E-state index is 0.562. The summed E-state index contributed by atoms with van der Waals surface area (Å²) in [6, 6.07) is 10.1. The largest absolute Gasteiger partial charge is 0.416 e. The molecule has 1 saturated carbocycles. The number of alkyl halides is 3. The maximum absolute atomic E-state index is 12.9. The molecule has 0 unspecified atom stereocenters. The summed E-state index contributed by atoms with van der Waals surface area (Å²) in [7, 11) is 0. The monoisotopic (exact) mass is 390 g/mol. The minimum atomic E-state index is -4.28. The zero-order valence-electron chi connectivity index (χ0n) is 17.0. The van der Waals surface area contributed by atoms with Crippen molar-refractivity contribution < 1.29 is 13.2 Å². The van der Waals surface area contributed by atoms with E-state index in [4.69, 9.17) is 0 Å². The standard InChI is InChI=1S/C25H33F3/c1-2-3-4-5-6-7-8-19-9-11-20(12-10-19)21-13-14-23-18-24(25(26,27)28)16-15-22(23)17-21/h13-20H,2-12H2,1H3/t19-,20-. The molecule has 0 radical (unpaired) electrons. The molecule has 0 aliphatic heterocycles. The Kier molecular flexibility index (Phi) is 7.42. The number of unbranched alkanes of at least 4 members (excludes halogenated alkanes) is 5. The minimum Gasteiger partial charge on any atom is -0.166 e. The number of rotatable bonds is 8. The maximum Gasteiger partial charge on any atom is 0.416 e. The molecule has 1 fully saturated rings. The fourth-order valence-electron chi connectivity index (χ4n) is 4.69. The molecule has 0 nitrogen and oxygen atoms in total. The van der Waals surface area contributed by atoms with Crippen LogP contribution in [0.2, 0.25) is 0 Å². The molecule has 154 valence electrons. The highest BCUT2D eigenvalue weighted by molar-refractivity contribution is 5.84. The molecular formula is C25H33F3. The fraction of sp³-hybridized carbons (Fsp3) is 0.600. The molecule has 0 amide bonds. The average Bonchev–Trinajstić information content (AvgIpc) is 2.69. The molecule has 0 heterocycles. The molecule has 0 bridgehead atoms. The lowest BCUT2D eigenvalue weighted by atomic mass is 9.76. The molecular weight excluding hydrogens is 357 g/mol. The van der Waals surface area contributed by atoms with Crippen LogP contribution in [0.15, 0.2) is 36.4 Å². The van der Waals surface area contributed by atoms with Crippen molar-refractivity contribution in [2.45, 2.75) is 89.6 Å². The predicted molar refractivity (Wildman–Crippen MR) is 112 cm³/mol. The number of benzene rings is 2. The first-order valence-corrected chi connectivity index (χ1v) is 11.1. The van der Waals surface area contributed by atoms with Crippen LogP contribution in [0.5, 0.6) is 0 Å². The van der Waals surface area contributed by atoms with E-state index < -0.39 is 11.7 Å². The summed E-state index contributed by atoms with van der Waals surface area (Å²) in [6.07, 6.45) is 10.3. The third-order valence-corrected chi connectivity index (χ3v) is 6.48. The summed E-state index contributed by atoms with van der Waals surface area (Å²) >= 11 is 0. The van der Waals surface area contributed by atoms with Gasteiger partial charge in [-0.1, -0.05) is 76.1 Å². The topological polar surface area (TPSA) is 0 Å². The van der Waals surface area contributed by atoms with Crippen LogP contribution in [0.25, 0.3) is 10.8 Å². The molecule has 1 aliphatic carbocycles. The first-order chi connectivity index (χ1) is 13.5. The zero-order valence-corrected chi connectivity index (χ0v) is 17.0. The summed E-state index contributed by atoms with van der Waals surface area (Å²) < 4.78 is 38.7. The van der Waals surface area contributed by atoms with Gasteiger partial charge in [0.1, 0.15) is 0 Å². The quantitative estimate of drug-likeness (QED) is 0.395. The van der Waals surface area contributed by atoms with E-state index >= 15 is 0 Å². The van der Waals surface area contributed by atoms with Crippen LogP contribution in [-0.4, -0.2) is 0 Å². The van der Waals surface area contributed by atoms with Gasteiger partial charge in [-0.3, -0.25) is 0 Å². The van der Waals surface area contributed by atoms with Crippen molar-refractivity contribution in [2.24, 2.45) is 5.92 Å². The second kappa shape index (κ2) is 9.80. The van der Waals surface area contributed by atoms with Crippen LogP contribution in [0.1, 0.15) is 94.6 Å². The van der Waals surface area contributed by atoms with Crippen molar-refractivity contribution in [3.8, 4) is 0 Å². The van der Waals surface area contributed by atoms with Crippen molar-refractivity contribution in [1.29, 1.82) is 0 Å². The molecule has 28 heavy (non-hydrogen) atoms. The highest BCUT2D eigenvalue weighted by atomic mass is 19.4. The van der Waals surface area contributed by atoms with Crippen LogP contribution < -0.4 is 0 Å². The van der Waals surface area contributed by atoms with E-state index in [1.54, 1.807) is 6.07 Å². The van der Waals surface area contributed by atoms with Gasteiger partial charge in [0, 0.05) is 0 Å². The van der Waals surface area contributed by atoms with E-state index in [9.17, 15) is 13.2 Å². The lowest BCUT2D eigenvalue weighted by Gasteiger charge is -2.29. The highest BCUT2D eigenvalue weighted by Crippen LogP contribution is 2.39. The molecule has 2 aromatic carbocycles. The Morgan fingerprint density at radius 2 is 1.43 bits per heavy atom. The summed E-state index contributed by atoms with van der Waals surface area (Å²) in [5, 5.41) is 1.59. The zero-order chi connectivity index (χ0) is 20.0. The van der Waals surface area contributed by atoms with E-state index in [1.165, 1.54) is 88.3 Å². The van der Waals surface area contributed by atoms with Crippen molar-refractivity contribution in [3.63, 3.8) is 0 Å². The summed E-state index contributed by atoms with van der Waals surface area (Å²) in [4.78, 5) is 0. The van der Waals surface area contributed by atoms with Crippen LogP contribution in [0.4, 0.5) is 13.2 Å². The number of hydrogen-bond acceptors (Lipinski definition) is 0. The molecule has 0 N–H and O–H groups in total. The van der Waals surface area contributed by atoms with Gasteiger partial charge in [-0.15, -0.1) is 0 Å². The lowest BCUT2D eigenvalue weighted by molar-refractivity contribution is -0.137. The Hall–Kier alpha value is -1.51. The van der Waals surface area contributed by atoms with Crippen LogP contribution >= 0.6 is 0 Å². The van der Waals surface area contributed by atoms with Crippen LogP contribution in [-0.2, 0) is 6.18 Å². The second-order valence-corrected chi connectivity index (χ2v) is 8.59. The molecule has 2 aromatic rings. The van der Waals surface area contributed by atoms with Crippen molar-refractivity contribution in [1.82, 2.24) is 0 Å². The van der Waals surface area contributed by atoms with E-state index in [-0.39, 0.29) is 0 Å². The lowest BCUT2D eigenvalue weighted by Crippen LogP contribution is -2.13. The van der Waals surface area contributed by atoms with Gasteiger partial charge in [0.2, 0.25) is 0 Å². The van der Waals surface area contributed by atoms with Crippen LogP contribution in [0, 0.1) is 5.92 Å². The van der Waals surface area contributed by atoms with Gasteiger partial charge in [-0.25, -0.2) is 0 Å². The van der Waals surface area contributed by atoms with E-state index in [0.717, 1.165) is 11.3 Å². The number of fused-ring (bicyclic) bond motifs is 1. The molecule has 1 aliphatic rings. The molecule has 3 rings (SSSR count). The first kappa shape index (κ1) is 21.2. The third-order valence-electron chi connectivity index (χ3n) is 6.48. The Bertz CT molecular complexity index is 739.